The highest BCUT2D eigenvalue weighted by atomic mass is 16.1. The Morgan fingerprint density at radius 2 is 1.80 bits per heavy atom. The van der Waals surface area contributed by atoms with E-state index in [1.165, 1.54) is 51.4 Å². The summed E-state index contributed by atoms with van der Waals surface area (Å²) in [4.78, 5) is 16.2. The van der Waals surface area contributed by atoms with Crippen molar-refractivity contribution >= 4 is 11.7 Å². The zero-order chi connectivity index (χ0) is 18.5. The number of carbonyl (C=O) groups excluding carboxylic acids is 1. The monoisotopic (exact) mass is 350 g/mol. The molecule has 0 aromatic carbocycles. The van der Waals surface area contributed by atoms with E-state index in [2.05, 4.69) is 38.2 Å². The number of hydrogen-bond acceptors (Lipinski definition) is 2. The summed E-state index contributed by atoms with van der Waals surface area (Å²) in [6.07, 6.45) is 16.6. The average molecular weight is 351 g/mol. The Labute approximate surface area is 155 Å². The van der Waals surface area contributed by atoms with E-state index in [1.807, 2.05) is 0 Å². The van der Waals surface area contributed by atoms with Crippen LogP contribution in [0.3, 0.4) is 0 Å². The van der Waals surface area contributed by atoms with Crippen molar-refractivity contribution in [2.24, 2.45) is 4.99 Å². The lowest BCUT2D eigenvalue weighted by molar-refractivity contribution is -0.859. The number of aliphatic imine (C=N–C) groups is 1. The second-order valence-corrected chi connectivity index (χ2v) is 7.36. The molecule has 144 valence electrons. The van der Waals surface area contributed by atoms with E-state index < -0.39 is 0 Å². The molecule has 4 nitrogen and oxygen atoms in total. The lowest BCUT2D eigenvalue weighted by Gasteiger charge is -2.38. The zero-order valence-corrected chi connectivity index (χ0v) is 17.0. The van der Waals surface area contributed by atoms with Crippen LogP contribution >= 0.6 is 0 Å². The van der Waals surface area contributed by atoms with Gasteiger partial charge in [0.15, 0.2) is 6.17 Å². The van der Waals surface area contributed by atoms with Gasteiger partial charge in [0.1, 0.15) is 6.54 Å². The molecule has 1 heterocycles. The molecule has 0 saturated carbocycles. The fraction of sp³-hybridized carbons (Fsp3) is 0.810. The first-order chi connectivity index (χ1) is 12.1. The summed E-state index contributed by atoms with van der Waals surface area (Å²) in [6.45, 7) is 10.9. The summed E-state index contributed by atoms with van der Waals surface area (Å²) >= 11 is 0. The lowest BCUT2D eigenvalue weighted by Crippen LogP contribution is -2.62. The van der Waals surface area contributed by atoms with Crippen molar-refractivity contribution in [3.05, 3.63) is 12.2 Å². The molecular weight excluding hydrogens is 310 g/mol. The maximum absolute atomic E-state index is 11.4. The molecule has 1 aliphatic rings. The van der Waals surface area contributed by atoms with Crippen molar-refractivity contribution in [1.29, 1.82) is 0 Å². The summed E-state index contributed by atoms with van der Waals surface area (Å²) in [5.74, 6) is 1.16. The molecule has 0 saturated heterocycles. The minimum Gasteiger partial charge on any atom is -0.307 e. The first-order valence-electron chi connectivity index (χ1n) is 10.4. The number of unbranched alkanes of at least 4 members (excludes halogenated alkanes) is 8. The van der Waals surface area contributed by atoms with Gasteiger partial charge in [0, 0.05) is 19.9 Å². The van der Waals surface area contributed by atoms with Gasteiger partial charge < -0.3 is 5.32 Å². The molecule has 0 spiro atoms. The van der Waals surface area contributed by atoms with E-state index in [0.29, 0.717) is 0 Å². The van der Waals surface area contributed by atoms with Crippen LogP contribution in [0.2, 0.25) is 0 Å². The van der Waals surface area contributed by atoms with Gasteiger partial charge in [-0.2, -0.15) is 0 Å². The smallest absolute Gasteiger partial charge is 0.224 e. The number of amides is 1. The second-order valence-electron chi connectivity index (χ2n) is 7.36. The molecule has 2 atom stereocenters. The molecule has 0 aromatic rings. The first-order valence-corrected chi connectivity index (χ1v) is 10.4. The molecule has 1 aliphatic heterocycles. The van der Waals surface area contributed by atoms with Gasteiger partial charge in [0.2, 0.25) is 11.7 Å². The van der Waals surface area contributed by atoms with Gasteiger partial charge in [-0.25, -0.2) is 4.99 Å². The predicted octanol–water partition coefficient (Wildman–Crippen LogP) is 4.80. The van der Waals surface area contributed by atoms with Crippen molar-refractivity contribution in [3.8, 4) is 0 Å². The SMILES string of the molecule is CCCCCCCCCC/C=C/C1=NCC[N+]1(CC)C(C)NC(C)=O. The molecule has 4 heteroatoms. The van der Waals surface area contributed by atoms with Crippen LogP contribution in [0, 0.1) is 0 Å². The van der Waals surface area contributed by atoms with Crippen LogP contribution in [0.5, 0.6) is 0 Å². The van der Waals surface area contributed by atoms with E-state index in [1.54, 1.807) is 6.92 Å². The Morgan fingerprint density at radius 1 is 1.16 bits per heavy atom. The molecule has 0 radical (unpaired) electrons. The number of allylic oxidation sites excluding steroid dienone is 1. The van der Waals surface area contributed by atoms with Gasteiger partial charge in [-0.1, -0.05) is 57.9 Å². The van der Waals surface area contributed by atoms with Gasteiger partial charge in [-0.15, -0.1) is 0 Å². The summed E-state index contributed by atoms with van der Waals surface area (Å²) in [5.41, 5.74) is 0. The van der Waals surface area contributed by atoms with Gasteiger partial charge in [-0.05, 0) is 19.8 Å². The Kier molecular flexibility index (Phi) is 10.7. The van der Waals surface area contributed by atoms with Crippen LogP contribution in [0.4, 0.5) is 0 Å². The van der Waals surface area contributed by atoms with Gasteiger partial charge in [-0.3, -0.25) is 9.28 Å². The van der Waals surface area contributed by atoms with Gasteiger partial charge >= 0.3 is 0 Å². The predicted molar refractivity (Wildman–Crippen MR) is 108 cm³/mol. The van der Waals surface area contributed by atoms with E-state index in [0.717, 1.165) is 36.4 Å². The van der Waals surface area contributed by atoms with Crippen LogP contribution in [0.15, 0.2) is 17.1 Å². The molecule has 25 heavy (non-hydrogen) atoms. The second kappa shape index (κ2) is 12.2. The number of nitrogens with zero attached hydrogens (tertiary/aromatic N) is 2. The fourth-order valence-electron chi connectivity index (χ4n) is 3.79. The molecule has 2 unspecified atom stereocenters. The highest BCUT2D eigenvalue weighted by molar-refractivity contribution is 5.88. The molecule has 0 bridgehead atoms. The summed E-state index contributed by atoms with van der Waals surface area (Å²) in [5, 5.41) is 3.06. The number of hydrogen-bond donors (Lipinski definition) is 1. The van der Waals surface area contributed by atoms with Crippen molar-refractivity contribution in [2.45, 2.75) is 91.6 Å². The topological polar surface area (TPSA) is 41.5 Å². The normalized spacial score (nSPS) is 21.5. The molecule has 1 N–H and O–H groups in total. The lowest BCUT2D eigenvalue weighted by atomic mass is 10.1. The van der Waals surface area contributed by atoms with Crippen LogP contribution in [0.1, 0.15) is 85.5 Å². The van der Waals surface area contributed by atoms with Crippen LogP contribution in [-0.2, 0) is 4.79 Å². The van der Waals surface area contributed by atoms with E-state index in [4.69, 9.17) is 4.99 Å². The third-order valence-corrected chi connectivity index (χ3v) is 5.44. The van der Waals surface area contributed by atoms with Crippen LogP contribution in [-0.4, -0.2) is 42.0 Å². The summed E-state index contributed by atoms with van der Waals surface area (Å²) in [6, 6.07) is 0. The highest BCUT2D eigenvalue weighted by Crippen LogP contribution is 2.20. The maximum Gasteiger partial charge on any atom is 0.224 e. The highest BCUT2D eigenvalue weighted by Gasteiger charge is 2.40. The first kappa shape index (κ1) is 21.9. The summed E-state index contributed by atoms with van der Waals surface area (Å²) < 4.78 is 0.771. The third-order valence-electron chi connectivity index (χ3n) is 5.44. The molecule has 0 fully saturated rings. The van der Waals surface area contributed by atoms with Crippen molar-refractivity contribution < 1.29 is 9.28 Å². The standard InChI is InChI=1S/C21H39N3O/c1-5-7-8-9-10-11-12-13-14-15-16-21-22-17-18-24(21,6-2)19(3)23-20(4)25/h15-16,19H,5-14,17-18H2,1-4H3/p+1/b16-15+. The number of likely N-dealkylation sites (N-methyl/N-ethyl adjacent to an activating group) is 1. The Hall–Kier alpha value is -1.16. The minimum absolute atomic E-state index is 0.0348. The van der Waals surface area contributed by atoms with Gasteiger partial charge in [0.05, 0.1) is 13.1 Å². The fourth-order valence-corrected chi connectivity index (χ4v) is 3.79. The average Bonchev–Trinajstić information content (AvgIpc) is 3.00. The largest absolute Gasteiger partial charge is 0.307 e. The van der Waals surface area contributed by atoms with Gasteiger partial charge in [0.25, 0.3) is 0 Å². The van der Waals surface area contributed by atoms with E-state index in [-0.39, 0.29) is 12.1 Å². The van der Waals surface area contributed by atoms with E-state index in [9.17, 15) is 4.79 Å². The quantitative estimate of drug-likeness (QED) is 0.376. The number of amidine groups is 1. The Balaban J connectivity index is 2.34. The van der Waals surface area contributed by atoms with Crippen molar-refractivity contribution in [2.75, 3.05) is 19.6 Å². The van der Waals surface area contributed by atoms with Crippen LogP contribution in [0.25, 0.3) is 0 Å². The minimum atomic E-state index is 0.0348. The van der Waals surface area contributed by atoms with Crippen molar-refractivity contribution in [3.63, 3.8) is 0 Å². The number of nitrogens with one attached hydrogen (secondary N) is 1. The number of quaternary nitrogens is 1. The third kappa shape index (κ3) is 7.31. The van der Waals surface area contributed by atoms with Crippen molar-refractivity contribution in [1.82, 2.24) is 5.32 Å². The molecule has 0 aromatic heterocycles. The Bertz CT molecular complexity index is 444. The number of carbonyl (C=O) groups is 1. The Morgan fingerprint density at radius 3 is 2.40 bits per heavy atom. The molecule has 1 amide bonds. The molecule has 1 rings (SSSR count). The molecular formula is C21H40N3O+. The zero-order valence-electron chi connectivity index (χ0n) is 17.0. The maximum atomic E-state index is 11.4. The molecule has 0 aliphatic carbocycles. The van der Waals surface area contributed by atoms with E-state index >= 15 is 0 Å². The number of rotatable bonds is 13. The summed E-state index contributed by atoms with van der Waals surface area (Å²) in [7, 11) is 0. The van der Waals surface area contributed by atoms with Crippen LogP contribution < -0.4 is 5.32 Å².